The van der Waals surface area contributed by atoms with E-state index in [1.54, 1.807) is 0 Å². The molecule has 11 heavy (non-hydrogen) atoms. The van der Waals surface area contributed by atoms with Gasteiger partial charge in [-0.15, -0.1) is 0 Å². The summed E-state index contributed by atoms with van der Waals surface area (Å²) in [6, 6.07) is 0. The Labute approximate surface area is 107 Å². The maximum atomic E-state index is 8.42. The third kappa shape index (κ3) is 310. The van der Waals surface area contributed by atoms with Gasteiger partial charge in [-0.2, -0.15) is 0 Å². The molecule has 0 aromatic heterocycles. The van der Waals surface area contributed by atoms with Crippen molar-refractivity contribution in [2.24, 2.45) is 0 Å². The first-order valence-electron chi connectivity index (χ1n) is 2.44. The van der Waals surface area contributed by atoms with Crippen LogP contribution in [0.15, 0.2) is 0 Å². The van der Waals surface area contributed by atoms with Crippen molar-refractivity contribution in [2.45, 2.75) is 19.6 Å². The van der Waals surface area contributed by atoms with Crippen molar-refractivity contribution >= 4 is 16.1 Å². The van der Waals surface area contributed by atoms with Crippen LogP contribution in [-0.4, -0.2) is 16.1 Å². The Bertz CT molecular complexity index is 39.3. The summed E-state index contributed by atoms with van der Waals surface area (Å²) in [6.07, 6.45) is 0. The van der Waals surface area contributed by atoms with Crippen LogP contribution in [0.1, 0.15) is 0 Å². The van der Waals surface area contributed by atoms with Crippen molar-refractivity contribution in [3.05, 3.63) is 0 Å². The van der Waals surface area contributed by atoms with Gasteiger partial charge in [0.15, 0.2) is 0 Å². The zero-order valence-electron chi connectivity index (χ0n) is 8.38. The second-order valence-corrected chi connectivity index (χ2v) is 5.48. The summed E-state index contributed by atoms with van der Waals surface area (Å²) < 4.78 is 0. The summed E-state index contributed by atoms with van der Waals surface area (Å²) in [5.74, 6) is 0. The molecule has 0 heterocycles. The second kappa shape index (κ2) is 22.7. The first kappa shape index (κ1) is 29.3. The van der Waals surface area contributed by atoms with E-state index in [0.29, 0.717) is 0 Å². The predicted octanol–water partition coefficient (Wildman–Crippen LogP) is -11.8. The molecule has 0 atom stereocenters. The van der Waals surface area contributed by atoms with Crippen molar-refractivity contribution in [3.8, 4) is 0 Å². The minimum Gasteiger partial charge on any atom is -0.907 e. The van der Waals surface area contributed by atoms with Crippen molar-refractivity contribution < 1.29 is 71.7 Å². The van der Waals surface area contributed by atoms with Gasteiger partial charge in [-0.25, -0.2) is 0 Å². The first-order chi connectivity index (χ1) is 3.46. The van der Waals surface area contributed by atoms with E-state index in [4.69, 9.17) is 15.1 Å². The van der Waals surface area contributed by atoms with Gasteiger partial charge in [-0.3, -0.25) is 7.32 Å². The van der Waals surface area contributed by atoms with Gasteiger partial charge < -0.3 is 15.1 Å². The molecule has 0 bridgehead atoms. The summed E-state index contributed by atoms with van der Waals surface area (Å²) in [4.78, 5) is 0. The molecule has 0 aliphatic heterocycles. The quantitative estimate of drug-likeness (QED) is 0.325. The second-order valence-electron chi connectivity index (χ2n) is 2.02. The van der Waals surface area contributed by atoms with Gasteiger partial charge in [-0.05, 0) is 0 Å². The van der Waals surface area contributed by atoms with Gasteiger partial charge >= 0.3 is 56.6 Å². The van der Waals surface area contributed by atoms with E-state index in [1.807, 2.05) is 0 Å². The molecule has 0 saturated heterocycles. The molecule has 0 aliphatic rings. The van der Waals surface area contributed by atoms with Crippen molar-refractivity contribution in [1.82, 2.24) is 0 Å². The smallest absolute Gasteiger partial charge is 0.907 e. The standard InChI is InChI=1S/C3H10Si.BO3.3Li/c1-4(2)3;2-1(3)4;;;/h4H,1-3H3;;;;/q;-3;3*+1. The van der Waals surface area contributed by atoms with Gasteiger partial charge in [-0.1, -0.05) is 19.6 Å². The molecule has 0 aromatic carbocycles. The topological polar surface area (TPSA) is 69.2 Å². The van der Waals surface area contributed by atoms with Crippen LogP contribution >= 0.6 is 0 Å². The average molecular weight is 154 g/mol. The molecule has 0 unspecified atom stereocenters. The molecule has 0 spiro atoms. The van der Waals surface area contributed by atoms with Crippen LogP contribution in [0.25, 0.3) is 0 Å². The zero-order valence-corrected chi connectivity index (χ0v) is 9.53. The van der Waals surface area contributed by atoms with Crippen LogP contribution in [0.4, 0.5) is 0 Å². The van der Waals surface area contributed by atoms with Crippen molar-refractivity contribution in [1.29, 1.82) is 0 Å². The maximum absolute atomic E-state index is 8.42. The van der Waals surface area contributed by atoms with Crippen LogP contribution < -0.4 is 71.7 Å². The zero-order chi connectivity index (χ0) is 7.15. The summed E-state index contributed by atoms with van der Waals surface area (Å²) in [5, 5.41) is 25.2. The Morgan fingerprint density at radius 1 is 0.818 bits per heavy atom. The fourth-order valence-electron chi connectivity index (χ4n) is 0. The molecule has 50 valence electrons. The molecule has 0 aliphatic carbocycles. The van der Waals surface area contributed by atoms with Gasteiger partial charge in [0.25, 0.3) is 0 Å². The summed E-state index contributed by atoms with van der Waals surface area (Å²) in [7, 11) is -3.06. The maximum Gasteiger partial charge on any atom is 1.00 e. The van der Waals surface area contributed by atoms with E-state index in [-0.39, 0.29) is 65.4 Å². The minimum absolute atomic E-state index is 0. The van der Waals surface area contributed by atoms with Crippen molar-refractivity contribution in [3.63, 3.8) is 0 Å². The molecule has 0 N–H and O–H groups in total. The molecule has 8 heteroatoms. The predicted molar refractivity (Wildman–Crippen MR) is 30.5 cm³/mol. The van der Waals surface area contributed by atoms with Gasteiger partial charge in [0.1, 0.15) is 0 Å². The average Bonchev–Trinajstić information content (AvgIpc) is 1.25. The van der Waals surface area contributed by atoms with Crippen LogP contribution in [-0.2, 0) is 0 Å². The molecule has 0 amide bonds. The molecule has 0 saturated carbocycles. The Morgan fingerprint density at radius 3 is 0.818 bits per heavy atom. The molecule has 0 rings (SSSR count). The van der Waals surface area contributed by atoms with Crippen LogP contribution in [0.5, 0.6) is 0 Å². The Hall–Kier alpha value is 1.95. The van der Waals surface area contributed by atoms with Crippen LogP contribution in [0.2, 0.25) is 19.6 Å². The Kier molecular flexibility index (Phi) is 60.3. The first-order valence-corrected chi connectivity index (χ1v) is 5.90. The molecular weight excluding hydrogens is 144 g/mol. The number of rotatable bonds is 0. The monoisotopic (exact) mass is 154 g/mol. The molecular formula is C3H10BLi3O3Si. The third-order valence-electron chi connectivity index (χ3n) is 0. The molecule has 0 aromatic rings. The largest absolute Gasteiger partial charge is 1.00 e. The molecule has 0 fully saturated rings. The van der Waals surface area contributed by atoms with E-state index in [0.717, 1.165) is 0 Å². The van der Waals surface area contributed by atoms with E-state index >= 15 is 0 Å². The summed E-state index contributed by atoms with van der Waals surface area (Å²) in [5.41, 5.74) is 0. The SMILES string of the molecule is C[SiH](C)C.[Li+].[Li+].[Li+].[O-]B([O-])[O-]. The molecule has 0 radical (unpaired) electrons. The summed E-state index contributed by atoms with van der Waals surface area (Å²) in [6.45, 7) is 6.92. The number of hydrogen-bond acceptors (Lipinski definition) is 3. The Morgan fingerprint density at radius 2 is 0.818 bits per heavy atom. The normalized spacial score (nSPS) is 5.73. The van der Waals surface area contributed by atoms with E-state index in [2.05, 4.69) is 19.6 Å². The fraction of sp³-hybridized carbons (Fsp3) is 1.00. The molecule has 3 nitrogen and oxygen atoms in total. The summed E-state index contributed by atoms with van der Waals surface area (Å²) >= 11 is 0. The van der Waals surface area contributed by atoms with Crippen LogP contribution in [0, 0.1) is 0 Å². The van der Waals surface area contributed by atoms with E-state index < -0.39 is 7.32 Å². The number of hydrogen-bond donors (Lipinski definition) is 0. The minimum atomic E-state index is -2.92. The Balaban J connectivity index is -0.0000000171. The third-order valence-corrected chi connectivity index (χ3v) is 0. The van der Waals surface area contributed by atoms with Gasteiger partial charge in [0.2, 0.25) is 0 Å². The van der Waals surface area contributed by atoms with Gasteiger partial charge in [0.05, 0.1) is 0 Å². The van der Waals surface area contributed by atoms with Crippen molar-refractivity contribution in [2.75, 3.05) is 0 Å². The fourth-order valence-corrected chi connectivity index (χ4v) is 0. The van der Waals surface area contributed by atoms with E-state index in [1.165, 1.54) is 0 Å². The van der Waals surface area contributed by atoms with E-state index in [9.17, 15) is 0 Å². The van der Waals surface area contributed by atoms with Gasteiger partial charge in [0, 0.05) is 8.80 Å². The van der Waals surface area contributed by atoms with Crippen LogP contribution in [0.3, 0.4) is 0 Å².